The molecule has 2 saturated heterocycles. The summed E-state index contributed by atoms with van der Waals surface area (Å²) in [6, 6.07) is 7.66. The lowest BCUT2D eigenvalue weighted by Crippen LogP contribution is -2.47. The highest BCUT2D eigenvalue weighted by atomic mass is 16.5. The molecule has 2 heterocycles. The Morgan fingerprint density at radius 1 is 1.29 bits per heavy atom. The van der Waals surface area contributed by atoms with E-state index in [1.165, 1.54) is 0 Å². The van der Waals surface area contributed by atoms with Gasteiger partial charge in [0.05, 0.1) is 25.7 Å². The van der Waals surface area contributed by atoms with E-state index in [0.717, 1.165) is 11.3 Å². The highest BCUT2D eigenvalue weighted by Crippen LogP contribution is 2.23. The van der Waals surface area contributed by atoms with Gasteiger partial charge in [0.15, 0.2) is 0 Å². The van der Waals surface area contributed by atoms with Crippen LogP contribution in [0.4, 0.5) is 0 Å². The van der Waals surface area contributed by atoms with Crippen LogP contribution in [0.15, 0.2) is 24.3 Å². The third-order valence-corrected chi connectivity index (χ3v) is 4.65. The first-order chi connectivity index (χ1) is 11.6. The second-order valence-corrected chi connectivity index (χ2v) is 6.49. The molecule has 0 aliphatic carbocycles. The second kappa shape index (κ2) is 7.21. The van der Waals surface area contributed by atoms with Crippen LogP contribution in [0.5, 0.6) is 5.75 Å². The molecule has 0 spiro atoms. The van der Waals surface area contributed by atoms with Gasteiger partial charge in [-0.3, -0.25) is 9.59 Å². The summed E-state index contributed by atoms with van der Waals surface area (Å²) in [5.41, 5.74) is 1.04. The molecule has 0 bridgehead atoms. The predicted octanol–water partition coefficient (Wildman–Crippen LogP) is 1.29. The van der Waals surface area contributed by atoms with E-state index in [2.05, 4.69) is 0 Å². The topological polar surface area (TPSA) is 59.1 Å². The Labute approximate surface area is 142 Å². The number of likely N-dealkylation sites (tertiary alicyclic amines) is 1. The van der Waals surface area contributed by atoms with Gasteiger partial charge in [-0.1, -0.05) is 12.1 Å². The molecule has 0 saturated carbocycles. The van der Waals surface area contributed by atoms with Crippen molar-refractivity contribution in [3.05, 3.63) is 29.8 Å². The molecule has 1 aromatic carbocycles. The number of hydrogen-bond acceptors (Lipinski definition) is 4. The first-order valence-corrected chi connectivity index (χ1v) is 8.38. The molecule has 2 aliphatic heterocycles. The Morgan fingerprint density at radius 3 is 2.71 bits per heavy atom. The molecule has 6 nitrogen and oxygen atoms in total. The van der Waals surface area contributed by atoms with Gasteiger partial charge in [-0.25, -0.2) is 0 Å². The normalized spacial score (nSPS) is 24.3. The van der Waals surface area contributed by atoms with Gasteiger partial charge in [0.2, 0.25) is 11.8 Å². The minimum atomic E-state index is -0.235. The maximum Gasteiger partial charge on any atom is 0.228 e. The molecule has 24 heavy (non-hydrogen) atoms. The van der Waals surface area contributed by atoms with Crippen LogP contribution in [0.1, 0.15) is 18.9 Å². The average molecular weight is 332 g/mol. The second-order valence-electron chi connectivity index (χ2n) is 6.49. The smallest absolute Gasteiger partial charge is 0.228 e. The monoisotopic (exact) mass is 332 g/mol. The molecule has 2 amide bonds. The summed E-state index contributed by atoms with van der Waals surface area (Å²) in [5.74, 6) is 0.684. The van der Waals surface area contributed by atoms with Crippen LogP contribution < -0.4 is 4.74 Å². The Kier molecular flexibility index (Phi) is 5.04. The Bertz CT molecular complexity index is 602. The van der Waals surface area contributed by atoms with E-state index in [9.17, 15) is 9.59 Å². The molecule has 6 heteroatoms. The lowest BCUT2D eigenvalue weighted by Gasteiger charge is -2.32. The number of carbonyl (C=O) groups excluding carboxylic acids is 2. The van der Waals surface area contributed by atoms with E-state index >= 15 is 0 Å². The minimum absolute atomic E-state index is 0.0467. The van der Waals surface area contributed by atoms with E-state index in [1.54, 1.807) is 12.0 Å². The van der Waals surface area contributed by atoms with Crippen molar-refractivity contribution in [1.29, 1.82) is 0 Å². The van der Waals surface area contributed by atoms with Crippen molar-refractivity contribution in [3.8, 4) is 5.75 Å². The molecule has 2 atom stereocenters. The molecule has 1 aromatic rings. The fourth-order valence-corrected chi connectivity index (χ4v) is 3.32. The van der Waals surface area contributed by atoms with Gasteiger partial charge in [0, 0.05) is 32.6 Å². The van der Waals surface area contributed by atoms with Gasteiger partial charge < -0.3 is 19.3 Å². The first-order valence-electron chi connectivity index (χ1n) is 8.38. The number of rotatable bonds is 4. The summed E-state index contributed by atoms with van der Waals surface area (Å²) in [5, 5.41) is 0. The summed E-state index contributed by atoms with van der Waals surface area (Å²) in [7, 11) is 1.63. The molecule has 3 rings (SSSR count). The number of nitrogens with zero attached hydrogens (tertiary/aromatic N) is 2. The fourth-order valence-electron chi connectivity index (χ4n) is 3.32. The fraction of sp³-hybridized carbons (Fsp3) is 0.556. The average Bonchev–Trinajstić information content (AvgIpc) is 2.95. The molecular formula is C18H24N2O4. The summed E-state index contributed by atoms with van der Waals surface area (Å²) >= 11 is 0. The van der Waals surface area contributed by atoms with Crippen LogP contribution in [-0.2, 0) is 20.9 Å². The quantitative estimate of drug-likeness (QED) is 0.834. The first kappa shape index (κ1) is 16.8. The highest BCUT2D eigenvalue weighted by molar-refractivity contribution is 5.89. The Balaban J connectivity index is 1.59. The summed E-state index contributed by atoms with van der Waals surface area (Å²) in [6.45, 7) is 4.80. The molecule has 0 aromatic heterocycles. The van der Waals surface area contributed by atoms with Crippen LogP contribution >= 0.6 is 0 Å². The van der Waals surface area contributed by atoms with Gasteiger partial charge >= 0.3 is 0 Å². The van der Waals surface area contributed by atoms with Gasteiger partial charge in [0.25, 0.3) is 0 Å². The number of benzene rings is 1. The van der Waals surface area contributed by atoms with Crippen LogP contribution in [0.25, 0.3) is 0 Å². The number of ether oxygens (including phenoxy) is 2. The van der Waals surface area contributed by atoms with Crippen molar-refractivity contribution in [3.63, 3.8) is 0 Å². The Morgan fingerprint density at radius 2 is 2.04 bits per heavy atom. The van der Waals surface area contributed by atoms with E-state index in [4.69, 9.17) is 9.47 Å². The molecule has 130 valence electrons. The van der Waals surface area contributed by atoms with Crippen LogP contribution in [0.3, 0.4) is 0 Å². The van der Waals surface area contributed by atoms with Gasteiger partial charge in [-0.2, -0.15) is 0 Å². The summed E-state index contributed by atoms with van der Waals surface area (Å²) < 4.78 is 10.6. The van der Waals surface area contributed by atoms with Gasteiger partial charge in [-0.05, 0) is 24.6 Å². The highest BCUT2D eigenvalue weighted by Gasteiger charge is 2.37. The SMILES string of the molecule is COc1ccc(CN2C[C@H](C(=O)N3CCO[C@@H](C)C3)CC2=O)cc1. The largest absolute Gasteiger partial charge is 0.497 e. The molecule has 0 unspecified atom stereocenters. The number of carbonyl (C=O) groups is 2. The standard InChI is InChI=1S/C18H24N2O4/c1-13-10-19(7-8-24-13)18(22)15-9-17(21)20(12-15)11-14-3-5-16(23-2)6-4-14/h3-6,13,15H,7-12H2,1-2H3/t13-,15+/m0/s1. The maximum absolute atomic E-state index is 12.6. The maximum atomic E-state index is 12.6. The lowest BCUT2D eigenvalue weighted by atomic mass is 10.1. The lowest BCUT2D eigenvalue weighted by molar-refractivity contribution is -0.142. The number of hydrogen-bond donors (Lipinski definition) is 0. The van der Waals surface area contributed by atoms with Gasteiger partial charge in [0.1, 0.15) is 5.75 Å². The van der Waals surface area contributed by atoms with Crippen LogP contribution in [-0.4, -0.2) is 61.1 Å². The zero-order valence-corrected chi connectivity index (χ0v) is 14.2. The third kappa shape index (κ3) is 3.70. The molecule has 0 radical (unpaired) electrons. The van der Waals surface area contributed by atoms with Crippen molar-refractivity contribution in [1.82, 2.24) is 9.80 Å². The Hall–Kier alpha value is -2.08. The zero-order valence-electron chi connectivity index (χ0n) is 14.2. The molecule has 2 aliphatic rings. The van der Waals surface area contributed by atoms with E-state index in [1.807, 2.05) is 36.1 Å². The van der Waals surface area contributed by atoms with Crippen LogP contribution in [0.2, 0.25) is 0 Å². The van der Waals surface area contributed by atoms with Crippen molar-refractivity contribution in [2.45, 2.75) is 26.0 Å². The minimum Gasteiger partial charge on any atom is -0.497 e. The zero-order chi connectivity index (χ0) is 17.1. The molecule has 2 fully saturated rings. The van der Waals surface area contributed by atoms with Gasteiger partial charge in [-0.15, -0.1) is 0 Å². The predicted molar refractivity (Wildman–Crippen MR) is 88.5 cm³/mol. The number of methoxy groups -OCH3 is 1. The molecular weight excluding hydrogens is 308 g/mol. The summed E-state index contributed by atoms with van der Waals surface area (Å²) in [6.07, 6.45) is 0.371. The van der Waals surface area contributed by atoms with Crippen LogP contribution in [0, 0.1) is 5.92 Å². The molecule has 0 N–H and O–H groups in total. The van der Waals surface area contributed by atoms with E-state index < -0.39 is 0 Å². The van der Waals surface area contributed by atoms with E-state index in [-0.39, 0.29) is 23.8 Å². The number of morpholine rings is 1. The van der Waals surface area contributed by atoms with Crippen molar-refractivity contribution >= 4 is 11.8 Å². The third-order valence-electron chi connectivity index (χ3n) is 4.65. The van der Waals surface area contributed by atoms with E-state index in [0.29, 0.717) is 39.2 Å². The summed E-state index contributed by atoms with van der Waals surface area (Å²) in [4.78, 5) is 28.5. The number of amides is 2. The van der Waals surface area contributed by atoms with Crippen molar-refractivity contribution in [2.75, 3.05) is 33.4 Å². The van der Waals surface area contributed by atoms with Crippen molar-refractivity contribution < 1.29 is 19.1 Å². The van der Waals surface area contributed by atoms with Crippen molar-refractivity contribution in [2.24, 2.45) is 5.92 Å².